The van der Waals surface area contributed by atoms with Gasteiger partial charge in [-0.1, -0.05) is 10.2 Å². The lowest BCUT2D eigenvalue weighted by molar-refractivity contribution is -0.655. The van der Waals surface area contributed by atoms with E-state index in [1.54, 1.807) is 6.92 Å². The lowest BCUT2D eigenvalue weighted by Crippen LogP contribution is -2.35. The third kappa shape index (κ3) is 4.00. The Balaban J connectivity index is 4.47. The molecule has 0 aliphatic rings. The number of hydrogen-bond donors (Lipinski definition) is 0. The van der Waals surface area contributed by atoms with Gasteiger partial charge in [0.25, 0.3) is 0 Å². The van der Waals surface area contributed by atoms with Gasteiger partial charge in [-0.05, 0) is 18.0 Å². The fourth-order valence-electron chi connectivity index (χ4n) is 0.715. The topological polar surface area (TPSA) is 144 Å². The van der Waals surface area contributed by atoms with E-state index < -0.39 is 11.2 Å². The van der Waals surface area contributed by atoms with E-state index in [4.69, 9.17) is 11.1 Å². The molecule has 0 N–H and O–H groups in total. The van der Waals surface area contributed by atoms with E-state index in [0.717, 1.165) is 5.01 Å². The summed E-state index contributed by atoms with van der Waals surface area (Å²) in [5.41, 5.74) is 16.1. The van der Waals surface area contributed by atoms with Crippen molar-refractivity contribution in [2.45, 2.75) is 13.1 Å². The molecule has 10 heteroatoms. The lowest BCUT2D eigenvalue weighted by atomic mass is 10.5. The number of nitrogens with zero attached hydrogens (tertiary/aromatic N) is 8. The second-order valence-corrected chi connectivity index (χ2v) is 2.13. The fraction of sp³-hybridized carbons (Fsp3) is 1.00. The monoisotopic (exact) mass is 200 g/mol. The number of nitro groups is 1. The van der Waals surface area contributed by atoms with Gasteiger partial charge in [0.05, 0.1) is 13.1 Å². The summed E-state index contributed by atoms with van der Waals surface area (Å²) in [5.74, 6) is 0. The molecule has 0 spiro atoms. The van der Waals surface area contributed by atoms with Crippen molar-refractivity contribution in [3.63, 3.8) is 0 Å². The molecule has 14 heavy (non-hydrogen) atoms. The predicted octanol–water partition coefficient (Wildman–Crippen LogP) is 1.45. The van der Waals surface area contributed by atoms with E-state index in [9.17, 15) is 10.1 Å². The molecule has 0 radical (unpaired) electrons. The Morgan fingerprint density at radius 3 is 2.29 bits per heavy atom. The Morgan fingerprint density at radius 2 is 2.00 bits per heavy atom. The summed E-state index contributed by atoms with van der Waals surface area (Å²) < 4.78 is 0. The van der Waals surface area contributed by atoms with Gasteiger partial charge in [-0.3, -0.25) is 0 Å². The Kier molecular flexibility index (Phi) is 5.36. The van der Waals surface area contributed by atoms with E-state index in [-0.39, 0.29) is 13.1 Å². The van der Waals surface area contributed by atoms with Crippen LogP contribution in [0.15, 0.2) is 10.2 Å². The minimum Gasteiger partial charge on any atom is -0.235 e. The average molecular weight is 200 g/mol. The summed E-state index contributed by atoms with van der Waals surface area (Å²) in [7, 11) is 0. The summed E-state index contributed by atoms with van der Waals surface area (Å²) >= 11 is 0. The molecule has 0 saturated carbocycles. The zero-order valence-electron chi connectivity index (χ0n) is 7.39. The standard InChI is InChI=1S/C4H8N8O2/c1-2-11(12(13)14)3-4(7-9-5)8-10-6/h4H,2-3H2,1H3. The van der Waals surface area contributed by atoms with Crippen LogP contribution >= 0.6 is 0 Å². The molecular formula is C4H8N8O2. The molecule has 76 valence electrons. The molecule has 0 aliphatic carbocycles. The first-order valence-electron chi connectivity index (χ1n) is 3.63. The Labute approximate surface area is 78.5 Å². The molecule has 0 amide bonds. The summed E-state index contributed by atoms with van der Waals surface area (Å²) in [6, 6.07) is 0. The lowest BCUT2D eigenvalue weighted by Gasteiger charge is -2.12. The highest BCUT2D eigenvalue weighted by molar-refractivity contribution is 4.66. The third-order valence-corrected chi connectivity index (χ3v) is 1.34. The number of hydrazine groups is 1. The minimum atomic E-state index is -1.10. The van der Waals surface area contributed by atoms with Crippen LogP contribution in [-0.2, 0) is 0 Å². The van der Waals surface area contributed by atoms with Crippen molar-refractivity contribution in [3.05, 3.63) is 31.0 Å². The molecule has 0 atom stereocenters. The zero-order chi connectivity index (χ0) is 11.0. The highest BCUT2D eigenvalue weighted by atomic mass is 16.7. The van der Waals surface area contributed by atoms with Gasteiger partial charge >= 0.3 is 0 Å². The van der Waals surface area contributed by atoms with E-state index in [2.05, 4.69) is 20.1 Å². The average Bonchev–Trinajstić information content (AvgIpc) is 2.14. The van der Waals surface area contributed by atoms with Crippen molar-refractivity contribution >= 4 is 0 Å². The molecule has 0 bridgehead atoms. The van der Waals surface area contributed by atoms with Gasteiger partial charge < -0.3 is 0 Å². The first-order chi connectivity index (χ1) is 6.65. The zero-order valence-corrected chi connectivity index (χ0v) is 7.39. The van der Waals surface area contributed by atoms with Crippen LogP contribution in [0.5, 0.6) is 0 Å². The Morgan fingerprint density at radius 1 is 1.50 bits per heavy atom. The Hall–Kier alpha value is -2.18. The minimum absolute atomic E-state index is 0.130. The van der Waals surface area contributed by atoms with E-state index in [1.165, 1.54) is 0 Å². The van der Waals surface area contributed by atoms with Crippen molar-refractivity contribution < 1.29 is 5.03 Å². The maximum atomic E-state index is 10.3. The molecule has 0 heterocycles. The van der Waals surface area contributed by atoms with E-state index >= 15 is 0 Å². The molecular weight excluding hydrogens is 192 g/mol. The van der Waals surface area contributed by atoms with Crippen molar-refractivity contribution in [3.8, 4) is 0 Å². The molecule has 0 unspecified atom stereocenters. The second kappa shape index (κ2) is 6.35. The highest BCUT2D eigenvalue weighted by Crippen LogP contribution is 1.99. The molecule has 0 aromatic heterocycles. The van der Waals surface area contributed by atoms with Crippen molar-refractivity contribution in [2.75, 3.05) is 13.1 Å². The van der Waals surface area contributed by atoms with Crippen molar-refractivity contribution in [2.24, 2.45) is 10.2 Å². The molecule has 0 fully saturated rings. The first-order valence-corrected chi connectivity index (χ1v) is 3.63. The van der Waals surface area contributed by atoms with Crippen LogP contribution in [0.3, 0.4) is 0 Å². The van der Waals surface area contributed by atoms with Crippen molar-refractivity contribution in [1.29, 1.82) is 0 Å². The molecule has 10 nitrogen and oxygen atoms in total. The quantitative estimate of drug-likeness (QED) is 0.210. The number of likely N-dealkylation sites (N-methyl/N-ethyl adjacent to an activating group) is 1. The van der Waals surface area contributed by atoms with Gasteiger partial charge in [0.1, 0.15) is 6.17 Å². The summed E-state index contributed by atoms with van der Waals surface area (Å²) in [6.45, 7) is 1.45. The second-order valence-electron chi connectivity index (χ2n) is 2.13. The normalized spacial score (nSPS) is 10.6. The van der Waals surface area contributed by atoms with Gasteiger partial charge in [0, 0.05) is 9.82 Å². The maximum Gasteiger partial charge on any atom is 0.160 e. The van der Waals surface area contributed by atoms with E-state index in [1.807, 2.05) is 0 Å². The molecule has 0 rings (SSSR count). The number of hydrogen-bond acceptors (Lipinski definition) is 4. The van der Waals surface area contributed by atoms with Gasteiger partial charge in [-0.15, -0.1) is 5.01 Å². The van der Waals surface area contributed by atoms with Crippen LogP contribution in [0.2, 0.25) is 0 Å². The molecule has 0 aromatic carbocycles. The van der Waals surface area contributed by atoms with Crippen LogP contribution in [0.4, 0.5) is 0 Å². The maximum absolute atomic E-state index is 10.3. The summed E-state index contributed by atoms with van der Waals surface area (Å²) in [6.07, 6.45) is -1.10. The Bertz CT molecular complexity index is 272. The van der Waals surface area contributed by atoms with Gasteiger partial charge in [-0.25, -0.2) is 10.1 Å². The molecule has 0 saturated heterocycles. The smallest absolute Gasteiger partial charge is 0.160 e. The predicted molar refractivity (Wildman–Crippen MR) is 46.3 cm³/mol. The van der Waals surface area contributed by atoms with Crippen LogP contribution in [0.25, 0.3) is 20.9 Å². The van der Waals surface area contributed by atoms with Gasteiger partial charge in [0.15, 0.2) is 5.03 Å². The number of rotatable bonds is 6. The van der Waals surface area contributed by atoms with Crippen molar-refractivity contribution in [1.82, 2.24) is 5.01 Å². The number of azide groups is 1. The summed E-state index contributed by atoms with van der Waals surface area (Å²) in [4.78, 5) is 15.2. The molecule has 0 aliphatic heterocycles. The van der Waals surface area contributed by atoms with E-state index in [0.29, 0.717) is 0 Å². The van der Waals surface area contributed by atoms with Crippen LogP contribution in [-0.4, -0.2) is 29.3 Å². The third-order valence-electron chi connectivity index (χ3n) is 1.34. The first kappa shape index (κ1) is 11.8. The van der Waals surface area contributed by atoms with Crippen LogP contribution in [0.1, 0.15) is 6.92 Å². The van der Waals surface area contributed by atoms with Crippen LogP contribution in [0, 0.1) is 10.1 Å². The van der Waals surface area contributed by atoms with Crippen LogP contribution < -0.4 is 0 Å². The summed E-state index contributed by atoms with van der Waals surface area (Å²) in [5, 5.41) is 16.7. The van der Waals surface area contributed by atoms with Gasteiger partial charge in [-0.2, -0.15) is 0 Å². The SMILES string of the molecule is CCN(CC(N=[N+]=[N-])N=[N+]=[N-])[N+](=O)[O-]. The molecule has 0 aromatic rings. The fourth-order valence-corrected chi connectivity index (χ4v) is 0.715. The van der Waals surface area contributed by atoms with Gasteiger partial charge in [0.2, 0.25) is 0 Å². The highest BCUT2D eigenvalue weighted by Gasteiger charge is 2.16. The largest absolute Gasteiger partial charge is 0.235 e.